The lowest BCUT2D eigenvalue weighted by Gasteiger charge is -2.17. The molecule has 1 fully saturated rings. The zero-order valence-corrected chi connectivity index (χ0v) is 21.2. The normalized spacial score (nSPS) is 13.4. The summed E-state index contributed by atoms with van der Waals surface area (Å²) in [6.07, 6.45) is 5.07. The van der Waals surface area contributed by atoms with Crippen molar-refractivity contribution in [3.8, 4) is 0 Å². The first kappa shape index (κ1) is 23.9. The smallest absolute Gasteiger partial charge is 0.254 e. The second-order valence-corrected chi connectivity index (χ2v) is 9.79. The molecule has 0 aliphatic carbocycles. The van der Waals surface area contributed by atoms with E-state index in [-0.39, 0.29) is 18.4 Å². The first-order valence-corrected chi connectivity index (χ1v) is 12.7. The molecule has 1 saturated heterocycles. The SMILES string of the molecule is Nc1ncnc2c1ncn2Cc1cc(Cl)cc2cc(CNC(=O)c3ccccc3C(=O)N3CCCC3)[nH]c12. The molecule has 0 radical (unpaired) electrons. The molecule has 0 atom stereocenters. The van der Waals surface area contributed by atoms with Crippen molar-refractivity contribution in [2.45, 2.75) is 25.9 Å². The van der Waals surface area contributed by atoms with Crippen LogP contribution in [0.15, 0.2) is 55.1 Å². The molecule has 2 aromatic carbocycles. The topological polar surface area (TPSA) is 135 Å². The lowest BCUT2D eigenvalue weighted by atomic mass is 10.1. The van der Waals surface area contributed by atoms with Gasteiger partial charge < -0.3 is 25.5 Å². The van der Waals surface area contributed by atoms with Gasteiger partial charge in [-0.2, -0.15) is 0 Å². The molecule has 4 N–H and O–H groups in total. The van der Waals surface area contributed by atoms with Gasteiger partial charge in [0.05, 0.1) is 36.1 Å². The Balaban J connectivity index is 1.23. The Morgan fingerprint density at radius 2 is 1.84 bits per heavy atom. The first-order chi connectivity index (χ1) is 18.5. The monoisotopic (exact) mass is 528 g/mol. The van der Waals surface area contributed by atoms with Crippen LogP contribution in [-0.2, 0) is 13.1 Å². The van der Waals surface area contributed by atoms with Crippen LogP contribution in [0.3, 0.4) is 0 Å². The van der Waals surface area contributed by atoms with Crippen LogP contribution in [-0.4, -0.2) is 54.3 Å². The van der Waals surface area contributed by atoms with E-state index in [9.17, 15) is 9.59 Å². The molecule has 38 heavy (non-hydrogen) atoms. The summed E-state index contributed by atoms with van der Waals surface area (Å²) >= 11 is 6.44. The molecule has 3 aromatic heterocycles. The minimum absolute atomic E-state index is 0.0998. The maximum atomic E-state index is 13.1. The fraction of sp³-hybridized carbons (Fsp3) is 0.222. The zero-order chi connectivity index (χ0) is 26.2. The lowest BCUT2D eigenvalue weighted by Crippen LogP contribution is -2.31. The molecule has 0 spiro atoms. The van der Waals surface area contributed by atoms with Crippen molar-refractivity contribution in [1.29, 1.82) is 0 Å². The molecule has 11 heteroatoms. The van der Waals surface area contributed by atoms with Gasteiger partial charge in [-0.15, -0.1) is 0 Å². The number of amides is 2. The number of carbonyl (C=O) groups excluding carboxylic acids is 2. The largest absolute Gasteiger partial charge is 0.382 e. The average Bonchev–Trinajstić information content (AvgIpc) is 3.68. The van der Waals surface area contributed by atoms with Gasteiger partial charge in [0.15, 0.2) is 11.5 Å². The number of benzene rings is 2. The summed E-state index contributed by atoms with van der Waals surface area (Å²) in [6, 6.07) is 12.7. The van der Waals surface area contributed by atoms with E-state index >= 15 is 0 Å². The van der Waals surface area contributed by atoms with Crippen molar-refractivity contribution in [1.82, 2.24) is 34.7 Å². The molecule has 6 rings (SSSR count). The number of nitrogens with one attached hydrogen (secondary N) is 2. The lowest BCUT2D eigenvalue weighted by molar-refractivity contribution is 0.0785. The first-order valence-electron chi connectivity index (χ1n) is 12.4. The average molecular weight is 529 g/mol. The number of fused-ring (bicyclic) bond motifs is 2. The van der Waals surface area contributed by atoms with Gasteiger partial charge in [0, 0.05) is 29.2 Å². The standard InChI is InChI=1S/C27H25ClN8O2/c28-18-9-16-11-19(12-30-26(37)20-5-1-2-6-21(20)27(38)35-7-3-4-8-35)34-22(16)17(10-18)13-36-15-33-23-24(29)31-14-32-25(23)36/h1-2,5-6,9-11,14-15,34H,3-4,7-8,12-13H2,(H,30,37)(H2,29,31,32). The fourth-order valence-electron chi connectivity index (χ4n) is 4.98. The van der Waals surface area contributed by atoms with E-state index in [4.69, 9.17) is 17.3 Å². The number of rotatable bonds is 6. The van der Waals surface area contributed by atoms with Gasteiger partial charge in [0.1, 0.15) is 11.8 Å². The summed E-state index contributed by atoms with van der Waals surface area (Å²) in [4.78, 5) is 43.9. The molecule has 0 unspecified atom stereocenters. The van der Waals surface area contributed by atoms with E-state index < -0.39 is 0 Å². The van der Waals surface area contributed by atoms with Crippen LogP contribution in [0.4, 0.5) is 5.82 Å². The second kappa shape index (κ2) is 9.79. The van der Waals surface area contributed by atoms with Gasteiger partial charge in [-0.25, -0.2) is 15.0 Å². The van der Waals surface area contributed by atoms with Gasteiger partial charge in [-0.1, -0.05) is 23.7 Å². The molecule has 4 heterocycles. The van der Waals surface area contributed by atoms with Crippen LogP contribution in [0.25, 0.3) is 22.1 Å². The number of H-pyrrole nitrogens is 1. The summed E-state index contributed by atoms with van der Waals surface area (Å²) < 4.78 is 1.88. The van der Waals surface area contributed by atoms with E-state index in [0.29, 0.717) is 39.7 Å². The van der Waals surface area contributed by atoms with Crippen LogP contribution in [0.2, 0.25) is 5.02 Å². The number of hydrogen-bond donors (Lipinski definition) is 3. The molecule has 2 amide bonds. The van der Waals surface area contributed by atoms with Gasteiger partial charge in [0.2, 0.25) is 0 Å². The van der Waals surface area contributed by atoms with Crippen molar-refractivity contribution >= 4 is 51.3 Å². The second-order valence-electron chi connectivity index (χ2n) is 9.35. The Labute approximate surface area is 222 Å². The number of imidazole rings is 1. The van der Waals surface area contributed by atoms with Crippen molar-refractivity contribution in [2.24, 2.45) is 0 Å². The van der Waals surface area contributed by atoms with E-state index in [2.05, 4.69) is 25.3 Å². The summed E-state index contributed by atoms with van der Waals surface area (Å²) in [5, 5.41) is 4.46. The molecule has 1 aliphatic heterocycles. The highest BCUT2D eigenvalue weighted by atomic mass is 35.5. The van der Waals surface area contributed by atoms with E-state index in [1.165, 1.54) is 6.33 Å². The maximum Gasteiger partial charge on any atom is 0.254 e. The third kappa shape index (κ3) is 4.43. The minimum atomic E-state index is -0.299. The Hall–Kier alpha value is -4.44. The minimum Gasteiger partial charge on any atom is -0.382 e. The van der Waals surface area contributed by atoms with Gasteiger partial charge in [-0.3, -0.25) is 9.59 Å². The summed E-state index contributed by atoms with van der Waals surface area (Å²) in [6.45, 7) is 2.17. The van der Waals surface area contributed by atoms with Crippen molar-refractivity contribution in [3.63, 3.8) is 0 Å². The third-order valence-corrected chi connectivity index (χ3v) is 7.05. The number of aromatic nitrogens is 5. The highest BCUT2D eigenvalue weighted by Crippen LogP contribution is 2.27. The molecular formula is C27H25ClN8O2. The highest BCUT2D eigenvalue weighted by Gasteiger charge is 2.24. The number of nitrogen functional groups attached to an aromatic ring is 1. The van der Waals surface area contributed by atoms with Crippen LogP contribution >= 0.6 is 11.6 Å². The summed E-state index contributed by atoms with van der Waals surface area (Å²) in [7, 11) is 0. The summed E-state index contributed by atoms with van der Waals surface area (Å²) in [5.41, 5.74) is 10.5. The molecular weight excluding hydrogens is 504 g/mol. The quantitative estimate of drug-likeness (QED) is 0.307. The Morgan fingerprint density at radius 3 is 2.66 bits per heavy atom. The molecule has 0 saturated carbocycles. The fourth-order valence-corrected chi connectivity index (χ4v) is 5.23. The number of anilines is 1. The van der Waals surface area contributed by atoms with Gasteiger partial charge >= 0.3 is 0 Å². The van der Waals surface area contributed by atoms with E-state index in [0.717, 1.165) is 48.1 Å². The van der Waals surface area contributed by atoms with Crippen molar-refractivity contribution in [3.05, 3.63) is 82.5 Å². The van der Waals surface area contributed by atoms with Crippen LogP contribution in [0.5, 0.6) is 0 Å². The van der Waals surface area contributed by atoms with E-state index in [1.54, 1.807) is 35.5 Å². The Morgan fingerprint density at radius 1 is 1.05 bits per heavy atom. The molecule has 5 aromatic rings. The number of aromatic amines is 1. The molecule has 0 bridgehead atoms. The number of carbonyl (C=O) groups is 2. The predicted molar refractivity (Wildman–Crippen MR) is 145 cm³/mol. The van der Waals surface area contributed by atoms with Crippen molar-refractivity contribution in [2.75, 3.05) is 18.8 Å². The van der Waals surface area contributed by atoms with Crippen molar-refractivity contribution < 1.29 is 9.59 Å². The number of nitrogens with zero attached hydrogens (tertiary/aromatic N) is 5. The maximum absolute atomic E-state index is 13.1. The van der Waals surface area contributed by atoms with E-state index in [1.807, 2.05) is 22.8 Å². The zero-order valence-electron chi connectivity index (χ0n) is 20.4. The van der Waals surface area contributed by atoms with Crippen LogP contribution < -0.4 is 11.1 Å². The molecule has 10 nitrogen and oxygen atoms in total. The Kier molecular flexibility index (Phi) is 6.16. The van der Waals surface area contributed by atoms with Crippen LogP contribution in [0.1, 0.15) is 44.8 Å². The van der Waals surface area contributed by atoms with Gasteiger partial charge in [-0.05, 0) is 48.7 Å². The number of hydrogen-bond acceptors (Lipinski definition) is 6. The Bertz CT molecular complexity index is 1690. The van der Waals surface area contributed by atoms with Crippen LogP contribution in [0, 0.1) is 0 Å². The van der Waals surface area contributed by atoms with Gasteiger partial charge in [0.25, 0.3) is 11.8 Å². The molecule has 1 aliphatic rings. The highest BCUT2D eigenvalue weighted by molar-refractivity contribution is 6.31. The number of halogens is 1. The number of likely N-dealkylation sites (tertiary alicyclic amines) is 1. The number of nitrogens with two attached hydrogens (primary N) is 1. The predicted octanol–water partition coefficient (Wildman–Crippen LogP) is 3.76. The molecule has 192 valence electrons. The third-order valence-electron chi connectivity index (χ3n) is 6.84. The summed E-state index contributed by atoms with van der Waals surface area (Å²) in [5.74, 6) is -0.0731.